The minimum atomic E-state index is -3.84. The molecule has 1 atom stereocenters. The summed E-state index contributed by atoms with van der Waals surface area (Å²) < 4.78 is 27.6. The van der Waals surface area contributed by atoms with Crippen molar-refractivity contribution in [3.05, 3.63) is 97.5 Å². The summed E-state index contributed by atoms with van der Waals surface area (Å²) in [5.41, 5.74) is 1.66. The third-order valence-electron chi connectivity index (χ3n) is 6.28. The quantitative estimate of drug-likeness (QED) is 0.176. The molecule has 0 heterocycles. The summed E-state index contributed by atoms with van der Waals surface area (Å²) in [6.45, 7) is 1.89. The smallest absolute Gasteiger partial charge is 0.244 e. The summed E-state index contributed by atoms with van der Waals surface area (Å²) in [6, 6.07) is 20.2. The number of nitrogens with one attached hydrogen (secondary N) is 1. The van der Waals surface area contributed by atoms with Crippen LogP contribution in [-0.4, -0.2) is 50.5 Å². The molecule has 0 aliphatic carbocycles. The predicted molar refractivity (Wildman–Crippen MR) is 170 cm³/mol. The van der Waals surface area contributed by atoms with E-state index in [0.29, 0.717) is 27.8 Å². The molecule has 1 N–H and O–H groups in total. The molecule has 0 aliphatic heterocycles. The van der Waals surface area contributed by atoms with Crippen molar-refractivity contribution in [1.82, 2.24) is 10.2 Å². The van der Waals surface area contributed by atoms with Crippen LogP contribution in [0.3, 0.4) is 0 Å². The minimum Gasteiger partial charge on any atom is -0.354 e. The average Bonchev–Trinajstić information content (AvgIpc) is 2.91. The van der Waals surface area contributed by atoms with E-state index in [9.17, 15) is 18.0 Å². The number of carbonyl (C=O) groups excluding carboxylic acids is 2. The maximum Gasteiger partial charge on any atom is 0.244 e. The average molecular weight is 716 g/mol. The van der Waals surface area contributed by atoms with E-state index >= 15 is 0 Å². The van der Waals surface area contributed by atoms with Gasteiger partial charge in [-0.1, -0.05) is 72.9 Å². The topological polar surface area (TPSA) is 86.8 Å². The lowest BCUT2D eigenvalue weighted by Crippen LogP contribution is -2.53. The summed E-state index contributed by atoms with van der Waals surface area (Å²) in [4.78, 5) is 29.1. The van der Waals surface area contributed by atoms with Crippen molar-refractivity contribution in [3.63, 3.8) is 0 Å². The van der Waals surface area contributed by atoms with E-state index in [0.717, 1.165) is 32.5 Å². The van der Waals surface area contributed by atoms with Crippen LogP contribution in [0.1, 0.15) is 30.9 Å². The molecule has 40 heavy (non-hydrogen) atoms. The highest BCUT2D eigenvalue weighted by atomic mass is 127. The Hall–Kier alpha value is -2.34. The molecule has 11 heteroatoms. The Kier molecular flexibility index (Phi) is 12.1. The number of anilines is 1. The Morgan fingerprint density at radius 3 is 2.15 bits per heavy atom. The summed E-state index contributed by atoms with van der Waals surface area (Å²) in [7, 11) is -3.84. The molecule has 0 unspecified atom stereocenters. The first-order chi connectivity index (χ1) is 19.0. The fourth-order valence-corrected chi connectivity index (χ4v) is 5.86. The molecular weight excluding hydrogens is 684 g/mol. The van der Waals surface area contributed by atoms with Gasteiger partial charge in [0, 0.05) is 38.7 Å². The maximum absolute atomic E-state index is 14.1. The lowest BCUT2D eigenvalue weighted by molar-refractivity contribution is -0.140. The van der Waals surface area contributed by atoms with E-state index in [1.165, 1.54) is 4.90 Å². The Labute approximate surface area is 260 Å². The largest absolute Gasteiger partial charge is 0.354 e. The predicted octanol–water partition coefficient (Wildman–Crippen LogP) is 5.92. The van der Waals surface area contributed by atoms with Gasteiger partial charge in [-0.3, -0.25) is 13.9 Å². The molecule has 0 bridgehead atoms. The van der Waals surface area contributed by atoms with Crippen molar-refractivity contribution < 1.29 is 18.0 Å². The van der Waals surface area contributed by atoms with Gasteiger partial charge in [0.1, 0.15) is 12.6 Å². The fraction of sp³-hybridized carbons (Fsp3) is 0.310. The van der Waals surface area contributed by atoms with Crippen LogP contribution in [0, 0.1) is 3.57 Å². The van der Waals surface area contributed by atoms with Crippen LogP contribution in [0.2, 0.25) is 10.0 Å². The van der Waals surface area contributed by atoms with Gasteiger partial charge >= 0.3 is 0 Å². The lowest BCUT2D eigenvalue weighted by atomic mass is 10.0. The molecule has 0 saturated carbocycles. The number of benzene rings is 3. The zero-order chi connectivity index (χ0) is 29.3. The molecule has 0 spiro atoms. The summed E-state index contributed by atoms with van der Waals surface area (Å²) in [5.74, 6) is -0.902. The Bertz CT molecular complexity index is 1390. The van der Waals surface area contributed by atoms with Crippen LogP contribution in [0.15, 0.2) is 72.8 Å². The molecular formula is C29H32Cl2IN3O4S. The van der Waals surface area contributed by atoms with Crippen molar-refractivity contribution in [3.8, 4) is 0 Å². The second-order valence-corrected chi connectivity index (χ2v) is 13.3. The first kappa shape index (κ1) is 32.2. The van der Waals surface area contributed by atoms with Crippen LogP contribution in [0.4, 0.5) is 5.69 Å². The van der Waals surface area contributed by atoms with E-state index in [1.807, 2.05) is 37.3 Å². The van der Waals surface area contributed by atoms with Crippen molar-refractivity contribution in [2.75, 3.05) is 23.7 Å². The zero-order valence-corrected chi connectivity index (χ0v) is 26.8. The molecule has 0 aliphatic rings. The third-order valence-corrected chi connectivity index (χ3v) is 8.85. The zero-order valence-electron chi connectivity index (χ0n) is 22.3. The van der Waals surface area contributed by atoms with Gasteiger partial charge in [-0.05, 0) is 71.0 Å². The maximum atomic E-state index is 14.1. The first-order valence-corrected chi connectivity index (χ1v) is 16.5. The van der Waals surface area contributed by atoms with Crippen molar-refractivity contribution in [2.24, 2.45) is 0 Å². The highest BCUT2D eigenvalue weighted by Gasteiger charge is 2.33. The number of nitrogens with zero attached hydrogens (tertiary/aromatic N) is 2. The first-order valence-electron chi connectivity index (χ1n) is 12.8. The molecule has 0 fully saturated rings. The Balaban J connectivity index is 2.07. The van der Waals surface area contributed by atoms with Gasteiger partial charge in [0.2, 0.25) is 21.8 Å². The second kappa shape index (κ2) is 15.0. The van der Waals surface area contributed by atoms with Gasteiger partial charge in [-0.25, -0.2) is 8.42 Å². The molecule has 0 saturated heterocycles. The summed E-state index contributed by atoms with van der Waals surface area (Å²) in [6.07, 6.45) is 2.94. The fourth-order valence-electron chi connectivity index (χ4n) is 4.13. The molecule has 3 aromatic rings. The lowest BCUT2D eigenvalue weighted by Gasteiger charge is -2.34. The Morgan fingerprint density at radius 1 is 0.950 bits per heavy atom. The van der Waals surface area contributed by atoms with Gasteiger partial charge < -0.3 is 10.2 Å². The van der Waals surface area contributed by atoms with Crippen LogP contribution in [0.25, 0.3) is 0 Å². The SMILES string of the molecule is CCCCNC(=O)[C@@H](Cc1ccccc1)N(Cc1c(Cl)cccc1Cl)C(=O)CN(c1ccc(I)cc1)S(C)(=O)=O. The number of sulfonamides is 1. The summed E-state index contributed by atoms with van der Waals surface area (Å²) in [5, 5.41) is 3.63. The van der Waals surface area contributed by atoms with E-state index in [4.69, 9.17) is 23.2 Å². The molecule has 0 aromatic heterocycles. The number of rotatable bonds is 13. The van der Waals surface area contributed by atoms with Crippen molar-refractivity contribution in [1.29, 1.82) is 0 Å². The number of unbranched alkanes of at least 4 members (excludes halogenated alkanes) is 1. The number of hydrogen-bond acceptors (Lipinski definition) is 4. The molecule has 0 radical (unpaired) electrons. The van der Waals surface area contributed by atoms with Gasteiger partial charge in [-0.15, -0.1) is 0 Å². The standard InChI is InChI=1S/C29H32Cl2IN3O4S/c1-3-4-17-33-29(37)27(18-21-9-6-5-7-10-21)34(19-24-25(30)11-8-12-26(24)31)28(36)20-35(40(2,38)39)23-15-13-22(32)14-16-23/h5-16,27H,3-4,17-20H2,1-2H3,(H,33,37)/t27-/m1/s1. The Morgan fingerprint density at radius 2 is 1.57 bits per heavy atom. The molecule has 7 nitrogen and oxygen atoms in total. The van der Waals surface area contributed by atoms with Crippen LogP contribution < -0.4 is 9.62 Å². The molecule has 214 valence electrons. The van der Waals surface area contributed by atoms with E-state index in [-0.39, 0.29) is 18.9 Å². The van der Waals surface area contributed by atoms with Crippen molar-refractivity contribution >= 4 is 73.3 Å². The monoisotopic (exact) mass is 715 g/mol. The highest BCUT2D eigenvalue weighted by molar-refractivity contribution is 14.1. The number of hydrogen-bond donors (Lipinski definition) is 1. The van der Waals surface area contributed by atoms with Gasteiger partial charge in [0.25, 0.3) is 0 Å². The van der Waals surface area contributed by atoms with E-state index in [1.54, 1.807) is 42.5 Å². The highest BCUT2D eigenvalue weighted by Crippen LogP contribution is 2.28. The van der Waals surface area contributed by atoms with Crippen LogP contribution >= 0.6 is 45.8 Å². The molecule has 3 aromatic carbocycles. The number of carbonyl (C=O) groups is 2. The van der Waals surface area contributed by atoms with E-state index in [2.05, 4.69) is 27.9 Å². The third kappa shape index (κ3) is 9.09. The molecule has 2 amide bonds. The van der Waals surface area contributed by atoms with Gasteiger partial charge in [-0.2, -0.15) is 0 Å². The van der Waals surface area contributed by atoms with Crippen LogP contribution in [-0.2, 0) is 32.6 Å². The van der Waals surface area contributed by atoms with Gasteiger partial charge in [0.05, 0.1) is 11.9 Å². The normalized spacial score (nSPS) is 12.0. The van der Waals surface area contributed by atoms with E-state index < -0.39 is 28.5 Å². The van der Waals surface area contributed by atoms with Crippen molar-refractivity contribution in [2.45, 2.75) is 38.8 Å². The second-order valence-electron chi connectivity index (χ2n) is 9.32. The van der Waals surface area contributed by atoms with Gasteiger partial charge in [0.15, 0.2) is 0 Å². The summed E-state index contributed by atoms with van der Waals surface area (Å²) >= 11 is 15.1. The molecule has 3 rings (SSSR count). The minimum absolute atomic E-state index is 0.0830. The van der Waals surface area contributed by atoms with Crippen LogP contribution in [0.5, 0.6) is 0 Å². The number of amides is 2. The number of halogens is 3.